The van der Waals surface area contributed by atoms with Crippen molar-refractivity contribution in [2.75, 3.05) is 0 Å². The molecule has 0 radical (unpaired) electrons. The van der Waals surface area contributed by atoms with Gasteiger partial charge in [-0.3, -0.25) is 0 Å². The molecule has 1 atom stereocenters. The molecular weight excluding hydrogens is 276 g/mol. The van der Waals surface area contributed by atoms with Crippen LogP contribution in [0, 0.1) is 6.92 Å². The molecule has 3 aromatic rings. The zero-order chi connectivity index (χ0) is 14.3. The van der Waals surface area contributed by atoms with Crippen LogP contribution in [-0.4, -0.2) is 15.1 Å². The molecule has 2 aromatic carbocycles. The summed E-state index contributed by atoms with van der Waals surface area (Å²) in [6, 6.07) is 10.8. The minimum Gasteiger partial charge on any atom is -0.384 e. The maximum atomic E-state index is 11.2. The van der Waals surface area contributed by atoms with E-state index in [2.05, 4.69) is 9.97 Å². The number of aliphatic hydroxyl groups excluding tert-OH is 1. The summed E-state index contributed by atoms with van der Waals surface area (Å²) in [6.07, 6.45) is -0.756. The van der Waals surface area contributed by atoms with E-state index in [0.717, 1.165) is 22.2 Å². The minimum absolute atomic E-state index is 0.256. The Bertz CT molecular complexity index is 835. The number of imidazole rings is 1. The molecule has 0 fully saturated rings. The number of halogens is 1. The van der Waals surface area contributed by atoms with Crippen LogP contribution < -0.4 is 5.69 Å². The fourth-order valence-corrected chi connectivity index (χ4v) is 2.37. The summed E-state index contributed by atoms with van der Waals surface area (Å²) in [5.41, 5.74) is 3.54. The molecule has 102 valence electrons. The van der Waals surface area contributed by atoms with Gasteiger partial charge in [0.2, 0.25) is 0 Å². The fraction of sp³-hybridized carbons (Fsp3) is 0.133. The van der Waals surface area contributed by atoms with Crippen LogP contribution in [0.3, 0.4) is 0 Å². The number of hydrogen-bond acceptors (Lipinski definition) is 2. The van der Waals surface area contributed by atoms with Crippen LogP contribution >= 0.6 is 11.6 Å². The number of fused-ring (bicyclic) bond motifs is 1. The summed E-state index contributed by atoms with van der Waals surface area (Å²) in [5, 5.41) is 11.1. The summed E-state index contributed by atoms with van der Waals surface area (Å²) in [6.45, 7) is 1.89. The molecule has 0 amide bonds. The quantitative estimate of drug-likeness (QED) is 0.679. The summed E-state index contributed by atoms with van der Waals surface area (Å²) in [5.74, 6) is 0. The van der Waals surface area contributed by atoms with Gasteiger partial charge in [0.25, 0.3) is 0 Å². The second-order valence-corrected chi connectivity index (χ2v) is 5.20. The van der Waals surface area contributed by atoms with Gasteiger partial charge < -0.3 is 15.1 Å². The Morgan fingerprint density at radius 3 is 2.45 bits per heavy atom. The maximum absolute atomic E-state index is 11.2. The molecule has 20 heavy (non-hydrogen) atoms. The van der Waals surface area contributed by atoms with E-state index in [1.54, 1.807) is 30.3 Å². The predicted octanol–water partition coefficient (Wildman–Crippen LogP) is 2.90. The lowest BCUT2D eigenvalue weighted by Crippen LogP contribution is -2.00. The number of aryl methyl sites for hydroxylation is 1. The van der Waals surface area contributed by atoms with Crippen LogP contribution in [-0.2, 0) is 0 Å². The molecule has 1 aromatic heterocycles. The van der Waals surface area contributed by atoms with E-state index in [1.807, 2.05) is 13.0 Å². The number of aromatic amines is 2. The molecule has 1 heterocycles. The van der Waals surface area contributed by atoms with Crippen LogP contribution in [0.1, 0.15) is 22.8 Å². The molecule has 4 nitrogen and oxygen atoms in total. The molecule has 0 aliphatic heterocycles. The molecule has 0 saturated heterocycles. The van der Waals surface area contributed by atoms with Crippen molar-refractivity contribution >= 4 is 22.6 Å². The first-order valence-corrected chi connectivity index (χ1v) is 6.58. The van der Waals surface area contributed by atoms with E-state index >= 15 is 0 Å². The van der Waals surface area contributed by atoms with Gasteiger partial charge in [-0.1, -0.05) is 29.8 Å². The molecule has 0 saturated carbocycles. The standard InChI is InChI=1S/C15H13ClN2O2/c1-8-6-9(2-4-11(8)16)14(19)10-3-5-12-13(7-10)18-15(20)17-12/h2-7,14,19H,1H3,(H2,17,18,20). The number of hydrogen-bond donors (Lipinski definition) is 3. The average Bonchev–Trinajstić information content (AvgIpc) is 2.80. The van der Waals surface area contributed by atoms with E-state index in [9.17, 15) is 9.90 Å². The first-order chi connectivity index (χ1) is 9.54. The van der Waals surface area contributed by atoms with Gasteiger partial charge in [-0.15, -0.1) is 0 Å². The van der Waals surface area contributed by atoms with Gasteiger partial charge in [0.05, 0.1) is 11.0 Å². The van der Waals surface area contributed by atoms with Crippen molar-refractivity contribution in [3.63, 3.8) is 0 Å². The number of H-pyrrole nitrogens is 2. The van der Waals surface area contributed by atoms with E-state index in [0.29, 0.717) is 10.5 Å². The zero-order valence-corrected chi connectivity index (χ0v) is 11.5. The third-order valence-electron chi connectivity index (χ3n) is 3.35. The Hall–Kier alpha value is -2.04. The molecule has 5 heteroatoms. The van der Waals surface area contributed by atoms with E-state index in [4.69, 9.17) is 11.6 Å². The molecule has 0 aliphatic rings. The lowest BCUT2D eigenvalue weighted by molar-refractivity contribution is 0.220. The van der Waals surface area contributed by atoms with Gasteiger partial charge in [-0.05, 0) is 41.8 Å². The highest BCUT2D eigenvalue weighted by atomic mass is 35.5. The molecule has 1 unspecified atom stereocenters. The molecule has 0 bridgehead atoms. The van der Waals surface area contributed by atoms with E-state index in [-0.39, 0.29) is 5.69 Å². The zero-order valence-electron chi connectivity index (χ0n) is 10.8. The maximum Gasteiger partial charge on any atom is 0.323 e. The van der Waals surface area contributed by atoms with Crippen molar-refractivity contribution < 1.29 is 5.11 Å². The van der Waals surface area contributed by atoms with Gasteiger partial charge in [0.1, 0.15) is 6.10 Å². The van der Waals surface area contributed by atoms with Gasteiger partial charge in [0.15, 0.2) is 0 Å². The monoisotopic (exact) mass is 288 g/mol. The lowest BCUT2D eigenvalue weighted by Gasteiger charge is -2.12. The smallest absolute Gasteiger partial charge is 0.323 e. The van der Waals surface area contributed by atoms with Crippen LogP contribution in [0.4, 0.5) is 0 Å². The summed E-state index contributed by atoms with van der Waals surface area (Å²) < 4.78 is 0. The van der Waals surface area contributed by atoms with Crippen molar-refractivity contribution in [3.8, 4) is 0 Å². The first kappa shape index (κ1) is 13.0. The largest absolute Gasteiger partial charge is 0.384 e. The molecule has 3 rings (SSSR count). The Labute approximate surface area is 120 Å². The topological polar surface area (TPSA) is 68.9 Å². The Kier molecular flexibility index (Phi) is 3.12. The van der Waals surface area contributed by atoms with Crippen molar-refractivity contribution in [2.24, 2.45) is 0 Å². The van der Waals surface area contributed by atoms with Crippen LogP contribution in [0.2, 0.25) is 5.02 Å². The number of aromatic nitrogens is 2. The number of rotatable bonds is 2. The number of benzene rings is 2. The van der Waals surface area contributed by atoms with Crippen LogP contribution in [0.5, 0.6) is 0 Å². The van der Waals surface area contributed by atoms with Gasteiger partial charge in [0, 0.05) is 5.02 Å². The first-order valence-electron chi connectivity index (χ1n) is 6.20. The van der Waals surface area contributed by atoms with Gasteiger partial charge in [-0.25, -0.2) is 4.79 Å². The normalized spacial score (nSPS) is 12.8. The fourth-order valence-electron chi connectivity index (χ4n) is 2.25. The SMILES string of the molecule is Cc1cc(C(O)c2ccc3[nH]c(=O)[nH]c3c2)ccc1Cl. The van der Waals surface area contributed by atoms with Gasteiger partial charge >= 0.3 is 5.69 Å². The second-order valence-electron chi connectivity index (χ2n) is 4.80. The van der Waals surface area contributed by atoms with E-state index < -0.39 is 6.10 Å². The lowest BCUT2D eigenvalue weighted by atomic mass is 9.99. The summed E-state index contributed by atoms with van der Waals surface area (Å²) in [7, 11) is 0. The highest BCUT2D eigenvalue weighted by molar-refractivity contribution is 6.31. The Morgan fingerprint density at radius 1 is 1.05 bits per heavy atom. The minimum atomic E-state index is -0.756. The summed E-state index contributed by atoms with van der Waals surface area (Å²) >= 11 is 5.99. The molecule has 3 N–H and O–H groups in total. The Morgan fingerprint density at radius 2 is 1.70 bits per heavy atom. The van der Waals surface area contributed by atoms with Gasteiger partial charge in [-0.2, -0.15) is 0 Å². The third-order valence-corrected chi connectivity index (χ3v) is 3.78. The Balaban J connectivity index is 2.04. The third kappa shape index (κ3) is 2.24. The highest BCUT2D eigenvalue weighted by Crippen LogP contribution is 2.26. The van der Waals surface area contributed by atoms with E-state index in [1.165, 1.54) is 0 Å². The highest BCUT2D eigenvalue weighted by Gasteiger charge is 2.12. The molecule has 0 aliphatic carbocycles. The van der Waals surface area contributed by atoms with Crippen molar-refractivity contribution in [1.29, 1.82) is 0 Å². The average molecular weight is 289 g/mol. The van der Waals surface area contributed by atoms with Crippen LogP contribution in [0.25, 0.3) is 11.0 Å². The molecular formula is C15H13ClN2O2. The van der Waals surface area contributed by atoms with Crippen molar-refractivity contribution in [3.05, 3.63) is 68.6 Å². The molecule has 0 spiro atoms. The van der Waals surface area contributed by atoms with Crippen molar-refractivity contribution in [2.45, 2.75) is 13.0 Å². The number of nitrogens with one attached hydrogen (secondary N) is 2. The van der Waals surface area contributed by atoms with Crippen LogP contribution in [0.15, 0.2) is 41.2 Å². The summed E-state index contributed by atoms with van der Waals surface area (Å²) in [4.78, 5) is 16.6. The van der Waals surface area contributed by atoms with Crippen molar-refractivity contribution in [1.82, 2.24) is 9.97 Å². The predicted molar refractivity (Wildman–Crippen MR) is 79.2 cm³/mol. The number of aliphatic hydroxyl groups is 1. The second kappa shape index (κ2) is 4.81.